The van der Waals surface area contributed by atoms with Crippen LogP contribution in [-0.4, -0.2) is 21.6 Å². The molecule has 1 aromatic heterocycles. The van der Waals surface area contributed by atoms with Crippen molar-refractivity contribution in [2.75, 3.05) is 0 Å². The summed E-state index contributed by atoms with van der Waals surface area (Å²) in [4.78, 5) is 39.3. The first-order valence-corrected chi connectivity index (χ1v) is 13.8. The van der Waals surface area contributed by atoms with Gasteiger partial charge in [0.1, 0.15) is 6.04 Å². The van der Waals surface area contributed by atoms with Crippen molar-refractivity contribution in [3.63, 3.8) is 0 Å². The molecule has 1 heterocycles. The highest BCUT2D eigenvalue weighted by Crippen LogP contribution is 2.26. The molecular formula is C34H36N2O4. The molecule has 206 valence electrons. The molecular weight excluding hydrogens is 500 g/mol. The van der Waals surface area contributed by atoms with Gasteiger partial charge in [-0.2, -0.15) is 0 Å². The second kappa shape index (κ2) is 13.6. The van der Waals surface area contributed by atoms with Gasteiger partial charge in [0.2, 0.25) is 5.91 Å². The first kappa shape index (κ1) is 28.6. The molecule has 0 saturated heterocycles. The van der Waals surface area contributed by atoms with Gasteiger partial charge in [-0.15, -0.1) is 0 Å². The van der Waals surface area contributed by atoms with E-state index in [1.165, 1.54) is 4.57 Å². The Morgan fingerprint density at radius 3 is 2.25 bits per heavy atom. The molecule has 6 nitrogen and oxygen atoms in total. The second-order valence-electron chi connectivity index (χ2n) is 10.2. The summed E-state index contributed by atoms with van der Waals surface area (Å²) in [6.07, 6.45) is 4.02. The zero-order chi connectivity index (χ0) is 28.5. The summed E-state index contributed by atoms with van der Waals surface area (Å²) >= 11 is 0. The molecule has 40 heavy (non-hydrogen) atoms. The highest BCUT2D eigenvalue weighted by atomic mass is 16.4. The molecule has 0 radical (unpaired) electrons. The molecule has 0 aliphatic carbocycles. The van der Waals surface area contributed by atoms with Crippen LogP contribution in [0.2, 0.25) is 0 Å². The van der Waals surface area contributed by atoms with Gasteiger partial charge in [-0.25, -0.2) is 0 Å². The minimum Gasteiger partial charge on any atom is -0.481 e. The number of pyridine rings is 1. The van der Waals surface area contributed by atoms with Gasteiger partial charge < -0.3 is 15.0 Å². The summed E-state index contributed by atoms with van der Waals surface area (Å²) in [5, 5.41) is 12.7. The van der Waals surface area contributed by atoms with E-state index >= 15 is 0 Å². The van der Waals surface area contributed by atoms with E-state index in [1.807, 2.05) is 105 Å². The Morgan fingerprint density at radius 2 is 1.57 bits per heavy atom. The predicted octanol–water partition coefficient (Wildman–Crippen LogP) is 6.48. The Bertz CT molecular complexity index is 1500. The van der Waals surface area contributed by atoms with Crippen LogP contribution in [0.3, 0.4) is 0 Å². The lowest BCUT2D eigenvalue weighted by molar-refractivity contribution is -0.137. The van der Waals surface area contributed by atoms with Crippen molar-refractivity contribution in [1.29, 1.82) is 0 Å². The number of carbonyl (C=O) groups is 2. The lowest BCUT2D eigenvalue weighted by Gasteiger charge is -2.25. The number of nitrogens with one attached hydrogen (secondary N) is 1. The fourth-order valence-electron chi connectivity index (χ4n) is 5.05. The van der Waals surface area contributed by atoms with Crippen molar-refractivity contribution in [3.8, 4) is 11.1 Å². The molecule has 2 N–H and O–H groups in total. The largest absolute Gasteiger partial charge is 0.481 e. The predicted molar refractivity (Wildman–Crippen MR) is 158 cm³/mol. The highest BCUT2D eigenvalue weighted by molar-refractivity contribution is 5.82. The summed E-state index contributed by atoms with van der Waals surface area (Å²) in [5.41, 5.74) is 4.97. The lowest BCUT2D eigenvalue weighted by atomic mass is 9.97. The second-order valence-corrected chi connectivity index (χ2v) is 10.2. The number of benzene rings is 3. The van der Waals surface area contributed by atoms with E-state index in [1.54, 1.807) is 6.20 Å². The molecule has 0 aliphatic heterocycles. The number of hydrogen-bond acceptors (Lipinski definition) is 3. The van der Waals surface area contributed by atoms with Crippen LogP contribution >= 0.6 is 0 Å². The zero-order valence-electron chi connectivity index (χ0n) is 23.0. The maximum atomic E-state index is 13.8. The number of aryl methyl sites for hydroxylation is 1. The molecule has 0 unspecified atom stereocenters. The summed E-state index contributed by atoms with van der Waals surface area (Å²) in [7, 11) is 0. The third-order valence-corrected chi connectivity index (χ3v) is 7.05. The normalized spacial score (nSPS) is 12.4. The maximum absolute atomic E-state index is 13.8. The summed E-state index contributed by atoms with van der Waals surface area (Å²) in [6.45, 7) is 3.96. The number of nitrogens with zero attached hydrogens (tertiary/aromatic N) is 1. The van der Waals surface area contributed by atoms with Crippen LogP contribution in [0.5, 0.6) is 0 Å². The van der Waals surface area contributed by atoms with Crippen molar-refractivity contribution in [1.82, 2.24) is 9.88 Å². The van der Waals surface area contributed by atoms with Gasteiger partial charge in [-0.3, -0.25) is 14.4 Å². The average molecular weight is 537 g/mol. The molecule has 2 atom stereocenters. The Kier molecular flexibility index (Phi) is 9.68. The Morgan fingerprint density at radius 1 is 0.900 bits per heavy atom. The van der Waals surface area contributed by atoms with E-state index in [0.717, 1.165) is 35.1 Å². The van der Waals surface area contributed by atoms with Gasteiger partial charge in [0.05, 0.1) is 12.5 Å². The Hall–Kier alpha value is -4.45. The summed E-state index contributed by atoms with van der Waals surface area (Å²) < 4.78 is 1.54. The third kappa shape index (κ3) is 7.35. The van der Waals surface area contributed by atoms with Gasteiger partial charge in [0.25, 0.3) is 5.56 Å². The van der Waals surface area contributed by atoms with Crippen LogP contribution < -0.4 is 10.9 Å². The quantitative estimate of drug-likeness (QED) is 0.217. The zero-order valence-corrected chi connectivity index (χ0v) is 23.0. The number of carbonyl (C=O) groups excluding carboxylic acids is 1. The fourth-order valence-corrected chi connectivity index (χ4v) is 5.05. The molecule has 0 saturated carbocycles. The van der Waals surface area contributed by atoms with E-state index < -0.39 is 18.1 Å². The van der Waals surface area contributed by atoms with Crippen molar-refractivity contribution in [2.45, 2.75) is 58.0 Å². The number of aliphatic carboxylic acids is 1. The Labute approximate surface area is 235 Å². The van der Waals surface area contributed by atoms with Crippen LogP contribution in [0.1, 0.15) is 66.9 Å². The SMILES string of the molecule is CCCC[C@H](C(=O)N[C@@H](CC(=O)O)c1cccc(-c2ccccc2)c1)n1cc(C)cc(Cc2ccccc2)c1=O. The highest BCUT2D eigenvalue weighted by Gasteiger charge is 2.27. The number of unbranched alkanes of at least 4 members (excludes halogenated alkanes) is 1. The smallest absolute Gasteiger partial charge is 0.305 e. The van der Waals surface area contributed by atoms with Gasteiger partial charge in [-0.05, 0) is 53.3 Å². The Balaban J connectivity index is 1.67. The van der Waals surface area contributed by atoms with Crippen LogP contribution in [-0.2, 0) is 16.0 Å². The van der Waals surface area contributed by atoms with Gasteiger partial charge in [-0.1, -0.05) is 98.6 Å². The lowest BCUT2D eigenvalue weighted by Crippen LogP contribution is -2.40. The molecule has 0 aliphatic rings. The summed E-state index contributed by atoms with van der Waals surface area (Å²) in [5.74, 6) is -1.37. The van der Waals surface area contributed by atoms with Crippen molar-refractivity contribution >= 4 is 11.9 Å². The molecule has 0 bridgehead atoms. The molecule has 0 spiro atoms. The van der Waals surface area contributed by atoms with E-state index in [9.17, 15) is 19.5 Å². The minimum atomic E-state index is -1.02. The van der Waals surface area contributed by atoms with Crippen LogP contribution in [0.4, 0.5) is 0 Å². The first-order valence-electron chi connectivity index (χ1n) is 13.8. The standard InChI is InChI=1S/C34H36N2O4/c1-3-4-18-31(36-23-24(2)19-29(34(36)40)20-25-12-7-5-8-13-25)33(39)35-30(22-32(37)38)28-17-11-16-27(21-28)26-14-9-6-10-15-26/h5-17,19,21,23,30-31H,3-4,18,20,22H2,1-2H3,(H,35,39)(H,37,38)/t30-,31+/m0/s1. The van der Waals surface area contributed by atoms with E-state index in [4.69, 9.17) is 0 Å². The number of hydrogen-bond donors (Lipinski definition) is 2. The maximum Gasteiger partial charge on any atom is 0.305 e. The van der Waals surface area contributed by atoms with E-state index in [0.29, 0.717) is 24.0 Å². The fraction of sp³-hybridized carbons (Fsp3) is 0.265. The number of amides is 1. The van der Waals surface area contributed by atoms with Crippen molar-refractivity contribution in [3.05, 3.63) is 130 Å². The van der Waals surface area contributed by atoms with Gasteiger partial charge in [0, 0.05) is 18.2 Å². The molecule has 4 aromatic rings. The molecule has 0 fully saturated rings. The van der Waals surface area contributed by atoms with Gasteiger partial charge in [0.15, 0.2) is 0 Å². The first-order chi connectivity index (χ1) is 19.4. The molecule has 3 aromatic carbocycles. The topological polar surface area (TPSA) is 88.4 Å². The van der Waals surface area contributed by atoms with Gasteiger partial charge >= 0.3 is 5.97 Å². The monoisotopic (exact) mass is 536 g/mol. The number of aromatic nitrogens is 1. The number of rotatable bonds is 12. The van der Waals surface area contributed by atoms with E-state index in [-0.39, 0.29) is 17.9 Å². The number of carboxylic acids is 1. The van der Waals surface area contributed by atoms with Crippen LogP contribution in [0, 0.1) is 6.92 Å². The third-order valence-electron chi connectivity index (χ3n) is 7.05. The minimum absolute atomic E-state index is 0.202. The van der Waals surface area contributed by atoms with Crippen molar-refractivity contribution < 1.29 is 14.7 Å². The van der Waals surface area contributed by atoms with Crippen LogP contribution in [0.15, 0.2) is 102 Å². The number of carboxylic acid groups (broad SMARTS) is 1. The average Bonchev–Trinajstić information content (AvgIpc) is 2.96. The molecule has 1 amide bonds. The van der Waals surface area contributed by atoms with Crippen LogP contribution in [0.25, 0.3) is 11.1 Å². The molecule has 4 rings (SSSR count). The van der Waals surface area contributed by atoms with E-state index in [2.05, 4.69) is 5.32 Å². The van der Waals surface area contributed by atoms with Crippen molar-refractivity contribution in [2.24, 2.45) is 0 Å². The molecule has 6 heteroatoms. The summed E-state index contributed by atoms with van der Waals surface area (Å²) in [6, 6.07) is 27.5.